The average Bonchev–Trinajstić information content (AvgIpc) is 2.88. The van der Waals surface area contributed by atoms with Crippen molar-refractivity contribution in [2.24, 2.45) is 0 Å². The summed E-state index contributed by atoms with van der Waals surface area (Å²) in [5.41, 5.74) is 7.80. The summed E-state index contributed by atoms with van der Waals surface area (Å²) in [5, 5.41) is 4.19. The van der Waals surface area contributed by atoms with E-state index in [9.17, 15) is 8.42 Å². The van der Waals surface area contributed by atoms with Crippen LogP contribution in [0.25, 0.3) is 0 Å². The molecule has 0 aliphatic carbocycles. The molecular weight excluding hydrogens is 316 g/mol. The minimum atomic E-state index is -3.60. The SMILES string of the molecule is Cc1c(N)cc(S(=O)(=O)N(C)Cc2ccsc2)cc1Cl. The summed E-state index contributed by atoms with van der Waals surface area (Å²) in [6.07, 6.45) is 0. The molecule has 0 radical (unpaired) electrons. The fourth-order valence-electron chi connectivity index (χ4n) is 1.73. The highest BCUT2D eigenvalue weighted by Crippen LogP contribution is 2.28. The number of hydrogen-bond donors (Lipinski definition) is 1. The van der Waals surface area contributed by atoms with Crippen LogP contribution in [-0.4, -0.2) is 19.8 Å². The largest absolute Gasteiger partial charge is 0.398 e. The van der Waals surface area contributed by atoms with Gasteiger partial charge in [0.25, 0.3) is 0 Å². The first-order valence-electron chi connectivity index (χ1n) is 5.85. The van der Waals surface area contributed by atoms with Crippen molar-refractivity contribution in [1.29, 1.82) is 0 Å². The van der Waals surface area contributed by atoms with E-state index in [-0.39, 0.29) is 4.90 Å². The van der Waals surface area contributed by atoms with Gasteiger partial charge in [0.2, 0.25) is 10.0 Å². The topological polar surface area (TPSA) is 63.4 Å². The van der Waals surface area contributed by atoms with Crippen LogP contribution < -0.4 is 5.73 Å². The molecule has 0 aliphatic rings. The van der Waals surface area contributed by atoms with Crippen LogP contribution in [-0.2, 0) is 16.6 Å². The first-order chi connectivity index (χ1) is 9.32. The maximum absolute atomic E-state index is 12.5. The monoisotopic (exact) mass is 330 g/mol. The first kappa shape index (κ1) is 15.3. The normalized spacial score (nSPS) is 12.0. The van der Waals surface area contributed by atoms with Gasteiger partial charge in [0.05, 0.1) is 4.90 Å². The number of rotatable bonds is 4. The van der Waals surface area contributed by atoms with Crippen LogP contribution in [0.1, 0.15) is 11.1 Å². The maximum Gasteiger partial charge on any atom is 0.243 e. The molecule has 0 spiro atoms. The molecule has 2 N–H and O–H groups in total. The summed E-state index contributed by atoms with van der Waals surface area (Å²) in [7, 11) is -2.06. The van der Waals surface area contributed by atoms with Crippen LogP contribution in [0.15, 0.2) is 33.9 Å². The molecule has 20 heavy (non-hydrogen) atoms. The maximum atomic E-state index is 12.5. The van der Waals surface area contributed by atoms with Gasteiger partial charge in [-0.05, 0) is 47.0 Å². The van der Waals surface area contributed by atoms with Crippen molar-refractivity contribution in [2.75, 3.05) is 12.8 Å². The van der Waals surface area contributed by atoms with Gasteiger partial charge in [-0.2, -0.15) is 15.6 Å². The predicted octanol–water partition coefficient (Wildman–Crippen LogP) is 3.11. The third-order valence-corrected chi connectivity index (χ3v) is 5.96. The zero-order valence-corrected chi connectivity index (χ0v) is 13.5. The Morgan fingerprint density at radius 3 is 2.65 bits per heavy atom. The highest BCUT2D eigenvalue weighted by atomic mass is 35.5. The molecule has 2 aromatic rings. The molecular formula is C13H15ClN2O2S2. The molecule has 2 rings (SSSR count). The van der Waals surface area contributed by atoms with Gasteiger partial charge in [-0.25, -0.2) is 8.42 Å². The number of anilines is 1. The lowest BCUT2D eigenvalue weighted by Gasteiger charge is -2.17. The number of sulfonamides is 1. The molecule has 1 aromatic carbocycles. The van der Waals surface area contributed by atoms with E-state index in [2.05, 4.69) is 0 Å². The molecule has 0 amide bonds. The highest BCUT2D eigenvalue weighted by molar-refractivity contribution is 7.89. The Morgan fingerprint density at radius 2 is 2.10 bits per heavy atom. The quantitative estimate of drug-likeness (QED) is 0.876. The third-order valence-electron chi connectivity index (χ3n) is 3.05. The lowest BCUT2D eigenvalue weighted by Crippen LogP contribution is -2.26. The van der Waals surface area contributed by atoms with Crippen molar-refractivity contribution in [1.82, 2.24) is 4.31 Å². The summed E-state index contributed by atoms with van der Waals surface area (Å²) < 4.78 is 26.3. The molecule has 0 aliphatic heterocycles. The Bertz CT molecular complexity index is 689. The van der Waals surface area contributed by atoms with Crippen molar-refractivity contribution in [3.05, 3.63) is 45.1 Å². The van der Waals surface area contributed by atoms with Crippen molar-refractivity contribution >= 4 is 38.6 Å². The van der Waals surface area contributed by atoms with Crippen molar-refractivity contribution in [2.45, 2.75) is 18.4 Å². The smallest absolute Gasteiger partial charge is 0.243 e. The van der Waals surface area contributed by atoms with E-state index in [0.717, 1.165) is 5.56 Å². The van der Waals surface area contributed by atoms with Crippen LogP contribution >= 0.6 is 22.9 Å². The van der Waals surface area contributed by atoms with Crippen molar-refractivity contribution in [3.63, 3.8) is 0 Å². The molecule has 0 atom stereocenters. The second-order valence-electron chi connectivity index (χ2n) is 4.51. The van der Waals surface area contributed by atoms with Crippen LogP contribution in [0.5, 0.6) is 0 Å². The van der Waals surface area contributed by atoms with E-state index in [1.54, 1.807) is 6.92 Å². The number of nitrogens with zero attached hydrogens (tertiary/aromatic N) is 1. The van der Waals surface area contributed by atoms with Gasteiger partial charge >= 0.3 is 0 Å². The fourth-order valence-corrected chi connectivity index (χ4v) is 3.90. The van der Waals surface area contributed by atoms with Crippen LogP contribution in [0.2, 0.25) is 5.02 Å². The Balaban J connectivity index is 2.35. The fraction of sp³-hybridized carbons (Fsp3) is 0.231. The van der Waals surface area contributed by atoms with Gasteiger partial charge in [-0.3, -0.25) is 0 Å². The zero-order chi connectivity index (χ0) is 14.9. The minimum absolute atomic E-state index is 0.114. The highest BCUT2D eigenvalue weighted by Gasteiger charge is 2.22. The van der Waals surface area contributed by atoms with Crippen molar-refractivity contribution < 1.29 is 8.42 Å². The van der Waals surface area contributed by atoms with E-state index in [1.807, 2.05) is 16.8 Å². The van der Waals surface area contributed by atoms with Crippen LogP contribution in [0.3, 0.4) is 0 Å². The number of nitrogen functional groups attached to an aromatic ring is 1. The zero-order valence-electron chi connectivity index (χ0n) is 11.1. The minimum Gasteiger partial charge on any atom is -0.398 e. The third kappa shape index (κ3) is 2.98. The molecule has 0 saturated heterocycles. The Kier molecular flexibility index (Phi) is 4.39. The Morgan fingerprint density at radius 1 is 1.40 bits per heavy atom. The summed E-state index contributed by atoms with van der Waals surface area (Å²) >= 11 is 7.54. The summed E-state index contributed by atoms with van der Waals surface area (Å²) in [6.45, 7) is 2.07. The lowest BCUT2D eigenvalue weighted by molar-refractivity contribution is 0.467. The molecule has 1 aromatic heterocycles. The van der Waals surface area contributed by atoms with Crippen molar-refractivity contribution in [3.8, 4) is 0 Å². The van der Waals surface area contributed by atoms with E-state index >= 15 is 0 Å². The first-order valence-corrected chi connectivity index (χ1v) is 8.61. The van der Waals surface area contributed by atoms with E-state index in [1.165, 1.54) is 34.8 Å². The van der Waals surface area contributed by atoms with E-state index < -0.39 is 10.0 Å². The second kappa shape index (κ2) is 5.73. The lowest BCUT2D eigenvalue weighted by atomic mass is 10.2. The average molecular weight is 331 g/mol. The van der Waals surface area contributed by atoms with Gasteiger partial charge in [0.15, 0.2) is 0 Å². The number of thiophene rings is 1. The summed E-state index contributed by atoms with van der Waals surface area (Å²) in [4.78, 5) is 0.114. The Hall–Kier alpha value is -1.08. The molecule has 0 unspecified atom stereocenters. The van der Waals surface area contributed by atoms with Gasteiger partial charge in [-0.1, -0.05) is 11.6 Å². The number of hydrogen-bond acceptors (Lipinski definition) is 4. The standard InChI is InChI=1S/C13H15ClN2O2S2/c1-9-12(14)5-11(6-13(9)15)20(17,18)16(2)7-10-3-4-19-8-10/h3-6,8H,7,15H2,1-2H3. The summed E-state index contributed by atoms with van der Waals surface area (Å²) in [6, 6.07) is 4.78. The van der Waals surface area contributed by atoms with Gasteiger partial charge in [-0.15, -0.1) is 0 Å². The molecule has 0 bridgehead atoms. The number of halogens is 1. The van der Waals surface area contributed by atoms with Crippen LogP contribution in [0.4, 0.5) is 5.69 Å². The molecule has 1 heterocycles. The Labute approximate surface area is 127 Å². The molecule has 7 heteroatoms. The van der Waals surface area contributed by atoms with E-state index in [4.69, 9.17) is 17.3 Å². The molecule has 4 nitrogen and oxygen atoms in total. The molecule has 0 fully saturated rings. The predicted molar refractivity (Wildman–Crippen MR) is 83.6 cm³/mol. The number of nitrogens with two attached hydrogens (primary N) is 1. The van der Waals surface area contributed by atoms with Gasteiger partial charge in [0, 0.05) is 24.3 Å². The van der Waals surface area contributed by atoms with Crippen LogP contribution in [0, 0.1) is 6.92 Å². The van der Waals surface area contributed by atoms with E-state index in [0.29, 0.717) is 22.8 Å². The summed E-state index contributed by atoms with van der Waals surface area (Å²) in [5.74, 6) is 0. The second-order valence-corrected chi connectivity index (χ2v) is 7.74. The van der Waals surface area contributed by atoms with Gasteiger partial charge in [0.1, 0.15) is 0 Å². The van der Waals surface area contributed by atoms with Gasteiger partial charge < -0.3 is 5.73 Å². The molecule has 0 saturated carbocycles. The molecule has 108 valence electrons. The number of benzene rings is 1.